The smallest absolute Gasteiger partial charge is 0.323 e. The monoisotopic (exact) mass is 294 g/mol. The van der Waals surface area contributed by atoms with Gasteiger partial charge < -0.3 is 15.3 Å². The number of likely N-dealkylation sites (N-methyl/N-ethyl adjacent to an activating group) is 1. The molecule has 1 atom stereocenters. The number of aliphatic carboxylic acids is 1. The summed E-state index contributed by atoms with van der Waals surface area (Å²) in [7, 11) is 1.69. The minimum Gasteiger partial charge on any atom is -0.480 e. The van der Waals surface area contributed by atoms with E-state index in [0.29, 0.717) is 12.8 Å². The fourth-order valence-corrected chi connectivity index (χ4v) is 3.07. The number of carboxylic acid groups (broad SMARTS) is 1. The summed E-state index contributed by atoms with van der Waals surface area (Å²) < 4.78 is 13.3. The summed E-state index contributed by atoms with van der Waals surface area (Å²) in [6, 6.07) is 4.91. The summed E-state index contributed by atoms with van der Waals surface area (Å²) in [4.78, 5) is 13.6. The van der Waals surface area contributed by atoms with Gasteiger partial charge in [0.15, 0.2) is 0 Å². The summed E-state index contributed by atoms with van der Waals surface area (Å²) in [5.41, 5.74) is 1.27. The zero-order chi connectivity index (χ0) is 15.5. The van der Waals surface area contributed by atoms with Crippen molar-refractivity contribution < 1.29 is 14.3 Å². The number of carboxylic acids is 1. The Morgan fingerprint density at radius 1 is 1.52 bits per heavy atom. The molecule has 0 amide bonds. The Morgan fingerprint density at radius 2 is 2.29 bits per heavy atom. The van der Waals surface area contributed by atoms with Gasteiger partial charge in [-0.3, -0.25) is 4.79 Å². The second-order valence-electron chi connectivity index (χ2n) is 5.60. The highest BCUT2D eigenvalue weighted by atomic mass is 19.1. The minimum absolute atomic E-state index is 0.218. The lowest BCUT2D eigenvalue weighted by Crippen LogP contribution is -2.50. The first-order valence-corrected chi connectivity index (χ1v) is 7.48. The van der Waals surface area contributed by atoms with E-state index in [9.17, 15) is 14.3 Å². The summed E-state index contributed by atoms with van der Waals surface area (Å²) in [6.07, 6.45) is 2.80. The van der Waals surface area contributed by atoms with Crippen LogP contribution in [-0.4, -0.2) is 36.8 Å². The summed E-state index contributed by atoms with van der Waals surface area (Å²) in [5, 5.41) is 12.3. The van der Waals surface area contributed by atoms with E-state index in [1.807, 2.05) is 13.0 Å². The van der Waals surface area contributed by atoms with Crippen LogP contribution in [0.4, 0.5) is 10.1 Å². The van der Waals surface area contributed by atoms with Crippen LogP contribution in [0.3, 0.4) is 0 Å². The summed E-state index contributed by atoms with van der Waals surface area (Å²) >= 11 is 0. The number of fused-ring (bicyclic) bond motifs is 1. The standard InChI is InChI=1S/C16H23FN2O2/c1-3-16(18-2,15(20)21)8-4-9-19-10-7-12-5-6-13(17)11-14(12)19/h5-6,11,18H,3-4,7-10H2,1-2H3,(H,20,21). The zero-order valence-corrected chi connectivity index (χ0v) is 12.7. The third-order valence-electron chi connectivity index (χ3n) is 4.56. The Kier molecular flexibility index (Phi) is 4.83. The van der Waals surface area contributed by atoms with Crippen molar-refractivity contribution in [1.29, 1.82) is 0 Å². The molecule has 0 aliphatic carbocycles. The van der Waals surface area contributed by atoms with Crippen molar-refractivity contribution in [3.63, 3.8) is 0 Å². The number of nitrogens with zero attached hydrogens (tertiary/aromatic N) is 1. The highest BCUT2D eigenvalue weighted by molar-refractivity contribution is 5.78. The molecule has 1 aliphatic rings. The maximum absolute atomic E-state index is 13.3. The van der Waals surface area contributed by atoms with Crippen molar-refractivity contribution >= 4 is 11.7 Å². The predicted molar refractivity (Wildman–Crippen MR) is 81.3 cm³/mol. The van der Waals surface area contributed by atoms with Crippen LogP contribution in [0.1, 0.15) is 31.7 Å². The molecule has 0 fully saturated rings. The predicted octanol–water partition coefficient (Wildman–Crippen LogP) is 2.42. The lowest BCUT2D eigenvalue weighted by atomic mass is 9.90. The van der Waals surface area contributed by atoms with Crippen LogP contribution in [0.2, 0.25) is 0 Å². The largest absolute Gasteiger partial charge is 0.480 e. The number of rotatable bonds is 7. The molecular formula is C16H23FN2O2. The maximum atomic E-state index is 13.3. The Morgan fingerprint density at radius 3 is 2.90 bits per heavy atom. The number of hydrogen-bond acceptors (Lipinski definition) is 3. The van der Waals surface area contributed by atoms with Crippen LogP contribution in [0.25, 0.3) is 0 Å². The molecule has 2 N–H and O–H groups in total. The van der Waals surface area contributed by atoms with Gasteiger partial charge in [-0.15, -0.1) is 0 Å². The van der Waals surface area contributed by atoms with E-state index in [-0.39, 0.29) is 5.82 Å². The summed E-state index contributed by atoms with van der Waals surface area (Å²) in [6.45, 7) is 3.52. The van der Waals surface area contributed by atoms with E-state index in [1.54, 1.807) is 13.1 Å². The molecule has 5 heteroatoms. The number of carbonyl (C=O) groups is 1. The molecule has 21 heavy (non-hydrogen) atoms. The number of hydrogen-bond donors (Lipinski definition) is 2. The average molecular weight is 294 g/mol. The normalized spacial score (nSPS) is 16.6. The van der Waals surface area contributed by atoms with Gasteiger partial charge in [0.2, 0.25) is 0 Å². The number of anilines is 1. The van der Waals surface area contributed by atoms with Gasteiger partial charge in [0.1, 0.15) is 11.4 Å². The molecule has 2 rings (SSSR count). The van der Waals surface area contributed by atoms with Crippen LogP contribution >= 0.6 is 0 Å². The van der Waals surface area contributed by atoms with Crippen molar-refractivity contribution in [1.82, 2.24) is 5.32 Å². The van der Waals surface area contributed by atoms with Gasteiger partial charge in [0, 0.05) is 18.8 Å². The van der Waals surface area contributed by atoms with Crippen LogP contribution in [0, 0.1) is 5.82 Å². The first kappa shape index (κ1) is 15.8. The molecule has 0 aromatic heterocycles. The Bertz CT molecular complexity index is 515. The van der Waals surface area contributed by atoms with Gasteiger partial charge in [-0.05, 0) is 50.4 Å². The van der Waals surface area contributed by atoms with E-state index in [1.165, 1.54) is 11.6 Å². The minimum atomic E-state index is -0.857. The summed E-state index contributed by atoms with van der Waals surface area (Å²) in [5.74, 6) is -1.02. The van der Waals surface area contributed by atoms with E-state index in [0.717, 1.165) is 31.6 Å². The van der Waals surface area contributed by atoms with E-state index >= 15 is 0 Å². The highest BCUT2D eigenvalue weighted by Crippen LogP contribution is 2.29. The lowest BCUT2D eigenvalue weighted by Gasteiger charge is -2.29. The molecule has 116 valence electrons. The van der Waals surface area contributed by atoms with Crippen molar-refractivity contribution in [2.75, 3.05) is 25.0 Å². The fraction of sp³-hybridized carbons (Fsp3) is 0.562. The molecule has 1 aromatic carbocycles. The van der Waals surface area contributed by atoms with Crippen molar-refractivity contribution in [2.24, 2.45) is 0 Å². The molecule has 0 spiro atoms. The van der Waals surface area contributed by atoms with Crippen molar-refractivity contribution in [3.8, 4) is 0 Å². The molecule has 1 unspecified atom stereocenters. The fourth-order valence-electron chi connectivity index (χ4n) is 3.07. The zero-order valence-electron chi connectivity index (χ0n) is 12.7. The van der Waals surface area contributed by atoms with E-state index in [4.69, 9.17) is 0 Å². The SMILES string of the molecule is CCC(CCCN1CCc2ccc(F)cc21)(NC)C(=O)O. The third-order valence-corrected chi connectivity index (χ3v) is 4.56. The Labute approximate surface area is 125 Å². The van der Waals surface area contributed by atoms with E-state index < -0.39 is 11.5 Å². The van der Waals surface area contributed by atoms with Gasteiger partial charge in [-0.2, -0.15) is 0 Å². The van der Waals surface area contributed by atoms with Gasteiger partial charge in [-0.25, -0.2) is 4.39 Å². The Hall–Kier alpha value is -1.62. The average Bonchev–Trinajstić information content (AvgIpc) is 2.86. The first-order valence-electron chi connectivity index (χ1n) is 7.48. The van der Waals surface area contributed by atoms with Crippen LogP contribution in [0.5, 0.6) is 0 Å². The van der Waals surface area contributed by atoms with Crippen molar-refractivity contribution in [2.45, 2.75) is 38.1 Å². The van der Waals surface area contributed by atoms with E-state index in [2.05, 4.69) is 10.2 Å². The number of benzene rings is 1. The third kappa shape index (κ3) is 3.18. The van der Waals surface area contributed by atoms with Crippen LogP contribution in [0.15, 0.2) is 18.2 Å². The molecule has 1 aromatic rings. The van der Waals surface area contributed by atoms with Gasteiger partial charge >= 0.3 is 5.97 Å². The molecule has 1 heterocycles. The quantitative estimate of drug-likeness (QED) is 0.811. The second kappa shape index (κ2) is 6.43. The maximum Gasteiger partial charge on any atom is 0.323 e. The highest BCUT2D eigenvalue weighted by Gasteiger charge is 2.34. The Balaban J connectivity index is 1.96. The second-order valence-corrected chi connectivity index (χ2v) is 5.60. The number of halogens is 1. The van der Waals surface area contributed by atoms with Gasteiger partial charge in [0.25, 0.3) is 0 Å². The molecule has 0 radical (unpaired) electrons. The van der Waals surface area contributed by atoms with Crippen LogP contribution < -0.4 is 10.2 Å². The molecular weight excluding hydrogens is 271 g/mol. The first-order chi connectivity index (χ1) is 10.0. The van der Waals surface area contributed by atoms with Gasteiger partial charge in [0.05, 0.1) is 0 Å². The number of nitrogens with one attached hydrogen (secondary N) is 1. The van der Waals surface area contributed by atoms with Gasteiger partial charge in [-0.1, -0.05) is 13.0 Å². The van der Waals surface area contributed by atoms with Crippen molar-refractivity contribution in [3.05, 3.63) is 29.6 Å². The van der Waals surface area contributed by atoms with Crippen LogP contribution in [-0.2, 0) is 11.2 Å². The molecule has 0 saturated carbocycles. The lowest BCUT2D eigenvalue weighted by molar-refractivity contribution is -0.145. The topological polar surface area (TPSA) is 52.6 Å². The molecule has 1 aliphatic heterocycles. The molecule has 0 bridgehead atoms. The molecule has 4 nitrogen and oxygen atoms in total. The molecule has 0 saturated heterocycles.